The molecule has 5 nitrogen and oxygen atoms in total. The van der Waals surface area contributed by atoms with E-state index in [0.717, 1.165) is 6.07 Å². The summed E-state index contributed by atoms with van der Waals surface area (Å²) in [5.74, 6) is -1.09. The van der Waals surface area contributed by atoms with E-state index in [0.29, 0.717) is 22.2 Å². The summed E-state index contributed by atoms with van der Waals surface area (Å²) in [6.45, 7) is 1.78. The Bertz CT molecular complexity index is 957. The monoisotopic (exact) mass is 398 g/mol. The highest BCUT2D eigenvalue weighted by molar-refractivity contribution is 6.35. The molecule has 0 fully saturated rings. The predicted octanol–water partition coefficient (Wildman–Crippen LogP) is 4.93. The van der Waals surface area contributed by atoms with Crippen LogP contribution in [0.1, 0.15) is 16.1 Å². The third kappa shape index (κ3) is 3.76. The van der Waals surface area contributed by atoms with Crippen molar-refractivity contribution in [2.75, 3.05) is 5.32 Å². The molecule has 0 aliphatic heterocycles. The van der Waals surface area contributed by atoms with Gasteiger partial charge in [-0.1, -0.05) is 34.8 Å². The molecule has 128 valence electrons. The predicted molar refractivity (Wildman–Crippen MR) is 95.5 cm³/mol. The van der Waals surface area contributed by atoms with Gasteiger partial charge in [-0.05, 0) is 37.3 Å². The molecule has 0 saturated carbocycles. The molecular formula is C16H10Cl3FN4O. The Labute approximate surface area is 157 Å². The fourth-order valence-electron chi connectivity index (χ4n) is 2.16. The number of carbonyl (C=O) groups excluding carboxylic acids is 1. The van der Waals surface area contributed by atoms with Crippen molar-refractivity contribution in [2.24, 2.45) is 0 Å². The van der Waals surface area contributed by atoms with Gasteiger partial charge in [-0.15, -0.1) is 0 Å². The number of anilines is 1. The van der Waals surface area contributed by atoms with Crippen molar-refractivity contribution >= 4 is 46.5 Å². The molecule has 25 heavy (non-hydrogen) atoms. The third-order valence-corrected chi connectivity index (χ3v) is 4.08. The lowest BCUT2D eigenvalue weighted by Gasteiger charge is -2.10. The van der Waals surface area contributed by atoms with E-state index in [1.54, 1.807) is 37.3 Å². The van der Waals surface area contributed by atoms with E-state index in [2.05, 4.69) is 15.4 Å². The summed E-state index contributed by atoms with van der Waals surface area (Å²) in [7, 11) is 0. The van der Waals surface area contributed by atoms with Gasteiger partial charge in [0, 0.05) is 11.1 Å². The number of carbonyl (C=O) groups is 1. The van der Waals surface area contributed by atoms with Crippen LogP contribution in [0.4, 0.5) is 10.2 Å². The normalized spacial score (nSPS) is 10.8. The molecule has 3 rings (SSSR count). The van der Waals surface area contributed by atoms with Crippen LogP contribution in [0.3, 0.4) is 0 Å². The molecule has 0 radical (unpaired) electrons. The molecule has 0 atom stereocenters. The molecule has 0 aliphatic rings. The van der Waals surface area contributed by atoms with Crippen LogP contribution < -0.4 is 5.32 Å². The average Bonchev–Trinajstić information content (AvgIpc) is 2.92. The average molecular weight is 400 g/mol. The highest BCUT2D eigenvalue weighted by Gasteiger charge is 2.18. The maximum Gasteiger partial charge on any atom is 0.260 e. The number of pyridine rings is 1. The Balaban J connectivity index is 1.95. The van der Waals surface area contributed by atoms with Gasteiger partial charge in [-0.3, -0.25) is 4.79 Å². The first kappa shape index (κ1) is 17.7. The number of hydrogen-bond donors (Lipinski definition) is 1. The van der Waals surface area contributed by atoms with Crippen LogP contribution in [0.25, 0.3) is 5.69 Å². The molecule has 1 amide bonds. The molecular weight excluding hydrogens is 390 g/mol. The van der Waals surface area contributed by atoms with Crippen LogP contribution in [0.15, 0.2) is 36.4 Å². The number of amides is 1. The zero-order valence-electron chi connectivity index (χ0n) is 12.7. The lowest BCUT2D eigenvalue weighted by Crippen LogP contribution is -2.16. The van der Waals surface area contributed by atoms with Crippen molar-refractivity contribution in [1.29, 1.82) is 0 Å². The minimum Gasteiger partial charge on any atom is -0.306 e. The van der Waals surface area contributed by atoms with Crippen molar-refractivity contribution in [3.63, 3.8) is 0 Å². The molecule has 9 heteroatoms. The lowest BCUT2D eigenvalue weighted by molar-refractivity contribution is 0.102. The summed E-state index contributed by atoms with van der Waals surface area (Å²) < 4.78 is 15.1. The van der Waals surface area contributed by atoms with Crippen molar-refractivity contribution in [2.45, 2.75) is 6.92 Å². The van der Waals surface area contributed by atoms with Crippen LogP contribution in [0.2, 0.25) is 15.3 Å². The number of nitrogens with zero attached hydrogens (tertiary/aromatic N) is 3. The molecule has 2 heterocycles. The van der Waals surface area contributed by atoms with Gasteiger partial charge in [0.2, 0.25) is 0 Å². The minimum atomic E-state index is -0.835. The van der Waals surface area contributed by atoms with Crippen LogP contribution >= 0.6 is 34.8 Å². The number of hydrogen-bond acceptors (Lipinski definition) is 3. The zero-order valence-corrected chi connectivity index (χ0v) is 15.0. The SMILES string of the molecule is Cc1cc(NC(=O)c2cc(F)c(Cl)nc2Cl)n(-c2ccc(Cl)cc2)n1. The lowest BCUT2D eigenvalue weighted by atomic mass is 10.2. The quantitative estimate of drug-likeness (QED) is 0.635. The maximum absolute atomic E-state index is 13.6. The zero-order chi connectivity index (χ0) is 18.1. The molecule has 2 aromatic heterocycles. The van der Waals surface area contributed by atoms with Crippen molar-refractivity contribution in [3.8, 4) is 5.69 Å². The second-order valence-corrected chi connectivity index (χ2v) is 6.27. The number of aryl methyl sites for hydroxylation is 1. The van der Waals surface area contributed by atoms with Gasteiger partial charge in [0.05, 0.1) is 16.9 Å². The summed E-state index contributed by atoms with van der Waals surface area (Å²) >= 11 is 17.3. The van der Waals surface area contributed by atoms with E-state index >= 15 is 0 Å². The first-order chi connectivity index (χ1) is 11.8. The number of rotatable bonds is 3. The van der Waals surface area contributed by atoms with Gasteiger partial charge in [0.15, 0.2) is 11.0 Å². The first-order valence-electron chi connectivity index (χ1n) is 7.00. The second-order valence-electron chi connectivity index (χ2n) is 5.11. The van der Waals surface area contributed by atoms with E-state index < -0.39 is 16.9 Å². The maximum atomic E-state index is 13.6. The summed E-state index contributed by atoms with van der Waals surface area (Å²) in [6.07, 6.45) is 0. The van der Waals surface area contributed by atoms with Gasteiger partial charge in [0.25, 0.3) is 5.91 Å². The van der Waals surface area contributed by atoms with Gasteiger partial charge < -0.3 is 5.32 Å². The number of nitrogens with one attached hydrogen (secondary N) is 1. The largest absolute Gasteiger partial charge is 0.306 e. The molecule has 3 aromatic rings. The molecule has 0 spiro atoms. The molecule has 0 aliphatic carbocycles. The van der Waals surface area contributed by atoms with Crippen molar-refractivity contribution in [3.05, 3.63) is 68.8 Å². The van der Waals surface area contributed by atoms with Crippen LogP contribution in [0.5, 0.6) is 0 Å². The molecule has 1 aromatic carbocycles. The fraction of sp³-hybridized carbons (Fsp3) is 0.0625. The van der Waals surface area contributed by atoms with Crippen LogP contribution in [-0.2, 0) is 0 Å². The van der Waals surface area contributed by atoms with Gasteiger partial charge in [-0.2, -0.15) is 5.10 Å². The van der Waals surface area contributed by atoms with E-state index in [9.17, 15) is 9.18 Å². The summed E-state index contributed by atoms with van der Waals surface area (Å²) in [5, 5.41) is 6.95. The second kappa shape index (κ2) is 7.00. The van der Waals surface area contributed by atoms with E-state index in [1.165, 1.54) is 4.68 Å². The van der Waals surface area contributed by atoms with E-state index in [4.69, 9.17) is 34.8 Å². The summed E-state index contributed by atoms with van der Waals surface area (Å²) in [5.41, 5.74) is 1.24. The van der Waals surface area contributed by atoms with Crippen LogP contribution in [-0.4, -0.2) is 20.7 Å². The Hall–Kier alpha value is -2.15. The van der Waals surface area contributed by atoms with Gasteiger partial charge >= 0.3 is 0 Å². The number of aromatic nitrogens is 3. The highest BCUT2D eigenvalue weighted by Crippen LogP contribution is 2.23. The van der Waals surface area contributed by atoms with Crippen molar-refractivity contribution < 1.29 is 9.18 Å². The molecule has 0 bridgehead atoms. The van der Waals surface area contributed by atoms with E-state index in [1.807, 2.05) is 0 Å². The molecule has 0 saturated heterocycles. The summed E-state index contributed by atoms with van der Waals surface area (Å²) in [6, 6.07) is 9.51. The van der Waals surface area contributed by atoms with Crippen LogP contribution in [0, 0.1) is 12.7 Å². The van der Waals surface area contributed by atoms with Gasteiger partial charge in [-0.25, -0.2) is 14.1 Å². The Kier molecular flexibility index (Phi) is 4.94. The third-order valence-electron chi connectivity index (χ3n) is 3.28. The Morgan fingerprint density at radius 1 is 1.12 bits per heavy atom. The molecule has 1 N–H and O–H groups in total. The first-order valence-corrected chi connectivity index (χ1v) is 8.14. The topological polar surface area (TPSA) is 59.8 Å². The minimum absolute atomic E-state index is 0.134. The standard InChI is InChI=1S/C16H10Cl3FN4O/c1-8-6-13(24(23-8)10-4-2-9(17)3-5-10)21-16(25)11-7-12(20)15(19)22-14(11)18/h2-7H,1H3,(H,21,25). The smallest absolute Gasteiger partial charge is 0.260 e. The number of halogens is 4. The number of benzene rings is 1. The highest BCUT2D eigenvalue weighted by atomic mass is 35.5. The van der Waals surface area contributed by atoms with E-state index in [-0.39, 0.29) is 10.7 Å². The summed E-state index contributed by atoms with van der Waals surface area (Å²) in [4.78, 5) is 16.0. The fourth-order valence-corrected chi connectivity index (χ4v) is 2.69. The molecule has 0 unspecified atom stereocenters. The van der Waals surface area contributed by atoms with Gasteiger partial charge in [0.1, 0.15) is 11.0 Å². The van der Waals surface area contributed by atoms with Crippen molar-refractivity contribution in [1.82, 2.24) is 14.8 Å². The Morgan fingerprint density at radius 2 is 1.80 bits per heavy atom. The Morgan fingerprint density at radius 3 is 2.48 bits per heavy atom.